The van der Waals surface area contributed by atoms with E-state index in [9.17, 15) is 34.9 Å². The zero-order chi connectivity index (χ0) is 15.1. The molecule has 0 aliphatic heterocycles. The molecular formula is C10H16F5KO3S. The molecule has 0 aliphatic rings. The molecule has 10 heteroatoms. The molecule has 0 aromatic rings. The van der Waals surface area contributed by atoms with Crippen LogP contribution in [0.25, 0.3) is 0 Å². The van der Waals surface area contributed by atoms with E-state index in [1.165, 1.54) is 0 Å². The summed E-state index contributed by atoms with van der Waals surface area (Å²) >= 11 is 0. The third kappa shape index (κ3) is 10.9. The van der Waals surface area contributed by atoms with Gasteiger partial charge in [0.2, 0.25) is 0 Å². The normalized spacial score (nSPS) is 17.9. The summed E-state index contributed by atoms with van der Waals surface area (Å²) in [6, 6.07) is 0. The predicted octanol–water partition coefficient (Wildman–Crippen LogP) is -0.582. The minimum Gasteiger partial charge on any atom is -0.748 e. The second kappa shape index (κ2) is 11.7. The molecular weight excluding hydrogens is 334 g/mol. The van der Waals surface area contributed by atoms with Gasteiger partial charge < -0.3 is 4.55 Å². The monoisotopic (exact) mass is 350 g/mol. The smallest absolute Gasteiger partial charge is 0.748 e. The summed E-state index contributed by atoms with van der Waals surface area (Å²) in [6.45, 7) is -0.602. The van der Waals surface area contributed by atoms with Gasteiger partial charge in [0.25, 0.3) is 0 Å². The summed E-state index contributed by atoms with van der Waals surface area (Å²) in [7, 11) is -5.05. The summed E-state index contributed by atoms with van der Waals surface area (Å²) in [6.07, 6.45) is -10.9. The van der Waals surface area contributed by atoms with Crippen molar-refractivity contribution in [2.24, 2.45) is 0 Å². The number of unbranched alkanes of at least 4 members (excludes halogenated alkanes) is 2. The van der Waals surface area contributed by atoms with Crippen LogP contribution in [0.2, 0.25) is 0 Å². The Morgan fingerprint density at radius 3 is 1.85 bits per heavy atom. The molecule has 0 amide bonds. The van der Waals surface area contributed by atoms with Crippen LogP contribution < -0.4 is 51.4 Å². The van der Waals surface area contributed by atoms with Crippen LogP contribution in [0.1, 0.15) is 25.7 Å². The Kier molecular flexibility index (Phi) is 13.8. The first kappa shape index (κ1) is 23.5. The Hall–Kier alpha value is 1.20. The topological polar surface area (TPSA) is 57.2 Å². The maximum absolute atomic E-state index is 13.2. The van der Waals surface area contributed by atoms with E-state index in [0.29, 0.717) is 0 Å². The van der Waals surface area contributed by atoms with Crippen molar-refractivity contribution >= 4 is 10.1 Å². The fourth-order valence-corrected chi connectivity index (χ4v) is 2.03. The van der Waals surface area contributed by atoms with Crippen molar-refractivity contribution in [1.82, 2.24) is 0 Å². The van der Waals surface area contributed by atoms with Crippen LogP contribution in [0.4, 0.5) is 22.0 Å². The molecule has 0 N–H and O–H groups in total. The van der Waals surface area contributed by atoms with Gasteiger partial charge in [0.15, 0.2) is 12.3 Å². The summed E-state index contributed by atoms with van der Waals surface area (Å²) in [4.78, 5) is 0. The van der Waals surface area contributed by atoms with E-state index in [1.807, 2.05) is 0 Å². The van der Waals surface area contributed by atoms with Crippen LogP contribution in [0, 0.1) is 0 Å². The first-order valence-corrected chi connectivity index (χ1v) is 7.32. The molecule has 4 atom stereocenters. The van der Waals surface area contributed by atoms with Crippen LogP contribution in [-0.2, 0) is 10.1 Å². The van der Waals surface area contributed by atoms with Crippen molar-refractivity contribution in [3.63, 3.8) is 0 Å². The van der Waals surface area contributed by atoms with Gasteiger partial charge in [-0.2, -0.15) is 0 Å². The number of halogens is 5. The molecule has 0 spiro atoms. The van der Waals surface area contributed by atoms with Crippen LogP contribution in [0.3, 0.4) is 0 Å². The molecule has 0 saturated heterocycles. The molecule has 3 nitrogen and oxygen atoms in total. The van der Waals surface area contributed by atoms with Crippen molar-refractivity contribution in [2.75, 3.05) is 12.4 Å². The van der Waals surface area contributed by atoms with Crippen molar-refractivity contribution in [3.05, 3.63) is 0 Å². The maximum atomic E-state index is 13.2. The molecule has 4 unspecified atom stereocenters. The quantitative estimate of drug-likeness (QED) is 0.229. The number of alkyl halides is 5. The average Bonchev–Trinajstić information content (AvgIpc) is 2.30. The number of rotatable bonds is 10. The second-order valence-electron chi connectivity index (χ2n) is 4.18. The van der Waals surface area contributed by atoms with Crippen molar-refractivity contribution in [2.45, 2.75) is 50.4 Å². The van der Waals surface area contributed by atoms with E-state index >= 15 is 0 Å². The van der Waals surface area contributed by atoms with E-state index in [-0.39, 0.29) is 70.6 Å². The first-order chi connectivity index (χ1) is 8.69. The molecule has 0 aromatic heterocycles. The second-order valence-corrected chi connectivity index (χ2v) is 5.63. The summed E-state index contributed by atoms with van der Waals surface area (Å²) in [5.41, 5.74) is 0. The molecule has 0 fully saturated rings. The van der Waals surface area contributed by atoms with E-state index in [0.717, 1.165) is 0 Å². The standard InChI is InChI=1S/C10H17F5O3S.K/c11-5-3-1-2-4-7(12)9(14)10(15)8(13)6-19(16,17)18;/h7-10H,1-6H2,(H,16,17,18);/q;+1/p-1. The van der Waals surface area contributed by atoms with Gasteiger partial charge in [0, 0.05) is 0 Å². The van der Waals surface area contributed by atoms with E-state index in [4.69, 9.17) is 0 Å². The number of hydrogen-bond acceptors (Lipinski definition) is 3. The third-order valence-electron chi connectivity index (χ3n) is 2.47. The minimum atomic E-state index is -5.05. The zero-order valence-corrected chi connectivity index (χ0v) is 15.0. The minimum absolute atomic E-state index is 0. The van der Waals surface area contributed by atoms with Gasteiger partial charge in [-0.1, -0.05) is 12.8 Å². The van der Waals surface area contributed by atoms with Gasteiger partial charge >= 0.3 is 51.4 Å². The SMILES string of the molecule is O=S(=O)([O-])CC(F)C(F)C(F)C(F)CCCCCF.[K+]. The Morgan fingerprint density at radius 2 is 1.40 bits per heavy atom. The predicted molar refractivity (Wildman–Crippen MR) is 58.6 cm³/mol. The Balaban J connectivity index is 0. The largest absolute Gasteiger partial charge is 1.00 e. The summed E-state index contributed by atoms with van der Waals surface area (Å²) in [5.74, 6) is -1.73. The first-order valence-electron chi connectivity index (χ1n) is 5.75. The molecule has 0 rings (SSSR count). The Morgan fingerprint density at radius 1 is 0.900 bits per heavy atom. The Bertz CT molecular complexity index is 344. The van der Waals surface area contributed by atoms with Crippen molar-refractivity contribution in [3.8, 4) is 0 Å². The van der Waals surface area contributed by atoms with Crippen LogP contribution in [0.5, 0.6) is 0 Å². The van der Waals surface area contributed by atoms with Gasteiger partial charge in [0.05, 0.1) is 22.5 Å². The van der Waals surface area contributed by atoms with E-state index < -0.39 is 53.7 Å². The fraction of sp³-hybridized carbons (Fsp3) is 1.00. The van der Waals surface area contributed by atoms with Crippen LogP contribution in [0.15, 0.2) is 0 Å². The maximum Gasteiger partial charge on any atom is 1.00 e. The van der Waals surface area contributed by atoms with Crippen molar-refractivity contribution in [1.29, 1.82) is 0 Å². The molecule has 0 aromatic carbocycles. The molecule has 0 saturated carbocycles. The Labute approximate surface area is 157 Å². The molecule has 0 radical (unpaired) electrons. The van der Waals surface area contributed by atoms with Gasteiger partial charge in [-0.15, -0.1) is 0 Å². The summed E-state index contributed by atoms with van der Waals surface area (Å²) in [5, 5.41) is 0. The van der Waals surface area contributed by atoms with Gasteiger partial charge in [-0.3, -0.25) is 4.39 Å². The van der Waals surface area contributed by atoms with Crippen LogP contribution >= 0.6 is 0 Å². The van der Waals surface area contributed by atoms with Crippen LogP contribution in [-0.4, -0.2) is 50.1 Å². The van der Waals surface area contributed by atoms with E-state index in [2.05, 4.69) is 0 Å². The molecule has 0 heterocycles. The summed E-state index contributed by atoms with van der Waals surface area (Å²) < 4.78 is 94.6. The number of hydrogen-bond donors (Lipinski definition) is 0. The third-order valence-corrected chi connectivity index (χ3v) is 3.20. The molecule has 20 heavy (non-hydrogen) atoms. The fourth-order valence-electron chi connectivity index (χ4n) is 1.46. The van der Waals surface area contributed by atoms with Gasteiger partial charge in [0.1, 0.15) is 12.3 Å². The average molecular weight is 350 g/mol. The molecule has 116 valence electrons. The van der Waals surface area contributed by atoms with E-state index in [1.54, 1.807) is 0 Å². The molecule has 0 aliphatic carbocycles. The van der Waals surface area contributed by atoms with Gasteiger partial charge in [-0.25, -0.2) is 26.0 Å². The zero-order valence-electron chi connectivity index (χ0n) is 11.1. The van der Waals surface area contributed by atoms with Gasteiger partial charge in [-0.05, 0) is 12.8 Å². The molecule has 0 bridgehead atoms. The van der Waals surface area contributed by atoms with Crippen molar-refractivity contribution < 1.29 is 86.3 Å².